The van der Waals surface area contributed by atoms with E-state index in [2.05, 4.69) is 10.2 Å². The van der Waals surface area contributed by atoms with E-state index in [1.54, 1.807) is 24.9 Å². The van der Waals surface area contributed by atoms with Crippen LogP contribution in [0.2, 0.25) is 5.02 Å². The lowest BCUT2D eigenvalue weighted by molar-refractivity contribution is 0.344. The molecule has 0 atom stereocenters. The third kappa shape index (κ3) is 4.27. The van der Waals surface area contributed by atoms with Crippen molar-refractivity contribution in [1.82, 2.24) is 14.8 Å². The molecule has 7 heteroatoms. The maximum atomic E-state index is 5.94. The Kier molecular flexibility index (Phi) is 5.83. The Hall–Kier alpha value is -2.18. The lowest BCUT2D eigenvalue weighted by Gasteiger charge is -2.08. The van der Waals surface area contributed by atoms with Gasteiger partial charge in [-0.1, -0.05) is 41.6 Å². The maximum absolute atomic E-state index is 5.94. The van der Waals surface area contributed by atoms with Crippen LogP contribution in [0.1, 0.15) is 0 Å². The number of aromatic nitrogens is 3. The Labute approximate surface area is 155 Å². The van der Waals surface area contributed by atoms with Crippen LogP contribution in [0.25, 0.3) is 11.4 Å². The number of methoxy groups -OCH3 is 1. The predicted molar refractivity (Wildman–Crippen MR) is 101 cm³/mol. The molecule has 1 heterocycles. The van der Waals surface area contributed by atoms with E-state index in [4.69, 9.17) is 21.1 Å². The van der Waals surface area contributed by atoms with E-state index in [-0.39, 0.29) is 0 Å². The first kappa shape index (κ1) is 17.6. The standard InChI is InChI=1S/C18H18ClN3O2S/c1-22-17(15-8-3-4-9-16(15)23-2)20-21-18(22)25-11-10-24-14-7-5-6-13(19)12-14/h3-9,12H,10-11H2,1-2H3. The van der Waals surface area contributed by atoms with E-state index in [1.807, 2.05) is 54.1 Å². The van der Waals surface area contributed by atoms with E-state index in [9.17, 15) is 0 Å². The monoisotopic (exact) mass is 375 g/mol. The number of nitrogens with zero attached hydrogens (tertiary/aromatic N) is 3. The molecule has 0 unspecified atom stereocenters. The van der Waals surface area contributed by atoms with Crippen molar-refractivity contribution < 1.29 is 9.47 Å². The molecule has 0 N–H and O–H groups in total. The van der Waals surface area contributed by atoms with Gasteiger partial charge in [-0.05, 0) is 30.3 Å². The van der Waals surface area contributed by atoms with Gasteiger partial charge in [0.1, 0.15) is 11.5 Å². The zero-order valence-electron chi connectivity index (χ0n) is 14.0. The molecule has 0 amide bonds. The van der Waals surface area contributed by atoms with Gasteiger partial charge < -0.3 is 14.0 Å². The van der Waals surface area contributed by atoms with Gasteiger partial charge in [-0.3, -0.25) is 0 Å². The number of ether oxygens (including phenoxy) is 2. The molecule has 0 aliphatic heterocycles. The van der Waals surface area contributed by atoms with Crippen molar-refractivity contribution in [2.45, 2.75) is 5.16 Å². The highest BCUT2D eigenvalue weighted by molar-refractivity contribution is 7.99. The number of hydrogen-bond donors (Lipinski definition) is 0. The second-order valence-electron chi connectivity index (χ2n) is 5.22. The molecule has 5 nitrogen and oxygen atoms in total. The summed E-state index contributed by atoms with van der Waals surface area (Å²) in [5.74, 6) is 3.07. The minimum absolute atomic E-state index is 0.557. The van der Waals surface area contributed by atoms with Crippen molar-refractivity contribution in [2.24, 2.45) is 7.05 Å². The maximum Gasteiger partial charge on any atom is 0.191 e. The van der Waals surface area contributed by atoms with Gasteiger partial charge in [0, 0.05) is 17.8 Å². The SMILES string of the molecule is COc1ccccc1-c1nnc(SCCOc2cccc(Cl)c2)n1C. The molecule has 3 rings (SSSR count). The number of thioether (sulfide) groups is 1. The molecule has 1 aromatic heterocycles. The molecule has 25 heavy (non-hydrogen) atoms. The average molecular weight is 376 g/mol. The van der Waals surface area contributed by atoms with E-state index in [1.165, 1.54) is 0 Å². The molecule has 2 aromatic carbocycles. The number of rotatable bonds is 7. The Morgan fingerprint density at radius 3 is 2.76 bits per heavy atom. The molecule has 0 aliphatic rings. The molecule has 0 bridgehead atoms. The predicted octanol–water partition coefficient (Wildman–Crippen LogP) is 4.32. The van der Waals surface area contributed by atoms with Gasteiger partial charge in [0.05, 0.1) is 19.3 Å². The van der Waals surface area contributed by atoms with Gasteiger partial charge in [0.25, 0.3) is 0 Å². The highest BCUT2D eigenvalue weighted by Gasteiger charge is 2.14. The molecular formula is C18H18ClN3O2S. The van der Waals surface area contributed by atoms with E-state index in [0.717, 1.165) is 33.8 Å². The average Bonchev–Trinajstić information content (AvgIpc) is 2.99. The lowest BCUT2D eigenvalue weighted by atomic mass is 10.2. The van der Waals surface area contributed by atoms with Crippen LogP contribution in [-0.4, -0.2) is 34.2 Å². The molecule has 0 aliphatic carbocycles. The molecule has 0 saturated heterocycles. The molecule has 0 fully saturated rings. The zero-order chi connectivity index (χ0) is 17.6. The minimum Gasteiger partial charge on any atom is -0.496 e. The van der Waals surface area contributed by atoms with E-state index >= 15 is 0 Å². The third-order valence-electron chi connectivity index (χ3n) is 3.56. The second kappa shape index (κ2) is 8.27. The highest BCUT2D eigenvalue weighted by atomic mass is 35.5. The third-order valence-corrected chi connectivity index (χ3v) is 4.78. The van der Waals surface area contributed by atoms with Crippen LogP contribution in [0.3, 0.4) is 0 Å². The Balaban J connectivity index is 1.62. The largest absolute Gasteiger partial charge is 0.496 e. The summed E-state index contributed by atoms with van der Waals surface area (Å²) < 4.78 is 13.1. The Morgan fingerprint density at radius 1 is 1.12 bits per heavy atom. The number of benzene rings is 2. The zero-order valence-corrected chi connectivity index (χ0v) is 15.5. The van der Waals surface area contributed by atoms with Crippen molar-refractivity contribution in [3.05, 3.63) is 53.6 Å². The van der Waals surface area contributed by atoms with Crippen LogP contribution in [0.15, 0.2) is 53.7 Å². The van der Waals surface area contributed by atoms with Crippen LogP contribution in [0.4, 0.5) is 0 Å². The smallest absolute Gasteiger partial charge is 0.191 e. The summed E-state index contributed by atoms with van der Waals surface area (Å²) in [5, 5.41) is 10.1. The first-order valence-corrected chi connectivity index (χ1v) is 9.09. The first-order chi connectivity index (χ1) is 12.2. The molecule has 0 saturated carbocycles. The van der Waals surface area contributed by atoms with Crippen molar-refractivity contribution in [2.75, 3.05) is 19.5 Å². The van der Waals surface area contributed by atoms with Gasteiger partial charge in [0.2, 0.25) is 0 Å². The van der Waals surface area contributed by atoms with Gasteiger partial charge in [-0.25, -0.2) is 0 Å². The number of hydrogen-bond acceptors (Lipinski definition) is 5. The second-order valence-corrected chi connectivity index (χ2v) is 6.72. The summed E-state index contributed by atoms with van der Waals surface area (Å²) in [7, 11) is 3.60. The van der Waals surface area contributed by atoms with Crippen LogP contribution in [0.5, 0.6) is 11.5 Å². The minimum atomic E-state index is 0.557. The van der Waals surface area contributed by atoms with Crippen molar-refractivity contribution in [3.63, 3.8) is 0 Å². The first-order valence-electron chi connectivity index (χ1n) is 7.73. The molecule has 0 spiro atoms. The summed E-state index contributed by atoms with van der Waals surface area (Å²) in [5.41, 5.74) is 0.919. The van der Waals surface area contributed by atoms with Crippen LogP contribution in [-0.2, 0) is 7.05 Å². The van der Waals surface area contributed by atoms with Crippen molar-refractivity contribution in [1.29, 1.82) is 0 Å². The highest BCUT2D eigenvalue weighted by Crippen LogP contribution is 2.30. The van der Waals surface area contributed by atoms with Gasteiger partial charge in [-0.2, -0.15) is 0 Å². The van der Waals surface area contributed by atoms with E-state index in [0.29, 0.717) is 11.6 Å². The molecule has 0 radical (unpaired) electrons. The van der Waals surface area contributed by atoms with Gasteiger partial charge in [-0.15, -0.1) is 10.2 Å². The number of halogens is 1. The summed E-state index contributed by atoms with van der Waals surface area (Å²) in [6.45, 7) is 0.557. The normalized spacial score (nSPS) is 10.7. The Morgan fingerprint density at radius 2 is 1.96 bits per heavy atom. The fraction of sp³-hybridized carbons (Fsp3) is 0.222. The quantitative estimate of drug-likeness (QED) is 0.454. The van der Waals surface area contributed by atoms with Crippen LogP contribution >= 0.6 is 23.4 Å². The molecular weight excluding hydrogens is 358 g/mol. The van der Waals surface area contributed by atoms with Crippen LogP contribution in [0, 0.1) is 0 Å². The molecule has 130 valence electrons. The summed E-state index contributed by atoms with van der Waals surface area (Å²) in [4.78, 5) is 0. The fourth-order valence-electron chi connectivity index (χ4n) is 2.35. The summed E-state index contributed by atoms with van der Waals surface area (Å²) >= 11 is 7.53. The molecule has 3 aromatic rings. The fourth-order valence-corrected chi connectivity index (χ4v) is 3.26. The van der Waals surface area contributed by atoms with Gasteiger partial charge in [0.15, 0.2) is 11.0 Å². The van der Waals surface area contributed by atoms with Crippen LogP contribution < -0.4 is 9.47 Å². The van der Waals surface area contributed by atoms with Crippen molar-refractivity contribution >= 4 is 23.4 Å². The van der Waals surface area contributed by atoms with E-state index < -0.39 is 0 Å². The lowest BCUT2D eigenvalue weighted by Crippen LogP contribution is -2.02. The van der Waals surface area contributed by atoms with Crippen molar-refractivity contribution in [3.8, 4) is 22.9 Å². The summed E-state index contributed by atoms with van der Waals surface area (Å²) in [6, 6.07) is 15.1. The topological polar surface area (TPSA) is 49.2 Å². The Bertz CT molecular complexity index is 854. The number of para-hydroxylation sites is 1. The van der Waals surface area contributed by atoms with Gasteiger partial charge >= 0.3 is 0 Å². The summed E-state index contributed by atoms with van der Waals surface area (Å²) in [6.07, 6.45) is 0.